The van der Waals surface area contributed by atoms with Crippen molar-refractivity contribution in [3.8, 4) is 0 Å². The van der Waals surface area contributed by atoms with Gasteiger partial charge < -0.3 is 15.3 Å². The highest BCUT2D eigenvalue weighted by Crippen LogP contribution is 2.68. The van der Waals surface area contributed by atoms with Gasteiger partial charge in [0.05, 0.1) is 18.3 Å². The standard InChI is InChI=1S/C27H46O4/c1-15(2)10-19(29)11-16(3)20-6-7-21-25-22(14-24(31)27(20,21)5)26(4)9-8-18(28)12-17(26)13-23(25)30/h15-18,20-25,28,30-31H,6-14H2,1-5H3/t16-,17+,18-,20-,21+,22+,23-,24+,25+,26+,27-/m1/s1. The average Bonchev–Trinajstić information content (AvgIpc) is 3.02. The van der Waals surface area contributed by atoms with E-state index < -0.39 is 0 Å². The molecule has 4 heteroatoms. The zero-order valence-electron chi connectivity index (χ0n) is 20.4. The fraction of sp³-hybridized carbons (Fsp3) is 0.963. The van der Waals surface area contributed by atoms with Crippen LogP contribution in [0.5, 0.6) is 0 Å². The second kappa shape index (κ2) is 8.40. The van der Waals surface area contributed by atoms with Gasteiger partial charge in [-0.2, -0.15) is 0 Å². The van der Waals surface area contributed by atoms with Crippen molar-refractivity contribution in [2.75, 3.05) is 0 Å². The number of hydrogen-bond donors (Lipinski definition) is 3. The van der Waals surface area contributed by atoms with Crippen LogP contribution in [0.1, 0.15) is 92.4 Å². The molecule has 4 nitrogen and oxygen atoms in total. The first-order valence-electron chi connectivity index (χ1n) is 13.0. The average molecular weight is 435 g/mol. The molecule has 0 saturated heterocycles. The van der Waals surface area contributed by atoms with Gasteiger partial charge in [0, 0.05) is 12.8 Å². The molecule has 31 heavy (non-hydrogen) atoms. The summed E-state index contributed by atoms with van der Waals surface area (Å²) in [6.07, 6.45) is 6.66. The molecule has 4 aliphatic rings. The molecule has 4 fully saturated rings. The van der Waals surface area contributed by atoms with Crippen LogP contribution in [-0.4, -0.2) is 39.4 Å². The van der Waals surface area contributed by atoms with Crippen LogP contribution < -0.4 is 0 Å². The first-order valence-corrected chi connectivity index (χ1v) is 13.0. The molecule has 0 aromatic carbocycles. The van der Waals surface area contributed by atoms with Crippen molar-refractivity contribution in [3.05, 3.63) is 0 Å². The lowest BCUT2D eigenvalue weighted by atomic mass is 9.43. The smallest absolute Gasteiger partial charge is 0.133 e. The van der Waals surface area contributed by atoms with Crippen LogP contribution >= 0.6 is 0 Å². The summed E-state index contributed by atoms with van der Waals surface area (Å²) in [5, 5.41) is 33.2. The Morgan fingerprint density at radius 3 is 2.32 bits per heavy atom. The summed E-state index contributed by atoms with van der Waals surface area (Å²) in [7, 11) is 0. The molecule has 0 aliphatic heterocycles. The largest absolute Gasteiger partial charge is 0.393 e. The Morgan fingerprint density at radius 1 is 0.935 bits per heavy atom. The summed E-state index contributed by atoms with van der Waals surface area (Å²) < 4.78 is 0. The van der Waals surface area contributed by atoms with Crippen molar-refractivity contribution >= 4 is 5.78 Å². The van der Waals surface area contributed by atoms with Crippen molar-refractivity contribution in [1.29, 1.82) is 0 Å². The van der Waals surface area contributed by atoms with Crippen LogP contribution in [-0.2, 0) is 4.79 Å². The van der Waals surface area contributed by atoms with Crippen LogP contribution in [0.15, 0.2) is 0 Å². The molecule has 0 aromatic heterocycles. The molecule has 0 spiro atoms. The number of rotatable bonds is 5. The van der Waals surface area contributed by atoms with E-state index in [-0.39, 0.29) is 41.0 Å². The summed E-state index contributed by atoms with van der Waals surface area (Å²) in [6.45, 7) is 11.1. The van der Waals surface area contributed by atoms with Gasteiger partial charge in [0.25, 0.3) is 0 Å². The Labute approximate surface area is 189 Å². The lowest BCUT2D eigenvalue weighted by Crippen LogP contribution is -2.62. The highest BCUT2D eigenvalue weighted by molar-refractivity contribution is 5.78. The summed E-state index contributed by atoms with van der Waals surface area (Å²) in [5.74, 6) is 2.63. The van der Waals surface area contributed by atoms with E-state index in [1.165, 1.54) is 0 Å². The lowest BCUT2D eigenvalue weighted by molar-refractivity contribution is -0.207. The topological polar surface area (TPSA) is 77.8 Å². The third-order valence-corrected chi connectivity index (χ3v) is 10.7. The number of aliphatic hydroxyl groups excluding tert-OH is 3. The van der Waals surface area contributed by atoms with Gasteiger partial charge in [-0.3, -0.25) is 4.79 Å². The van der Waals surface area contributed by atoms with Crippen molar-refractivity contribution in [1.82, 2.24) is 0 Å². The molecule has 4 saturated carbocycles. The molecule has 0 radical (unpaired) electrons. The number of carbonyl (C=O) groups excluding carboxylic acids is 1. The zero-order valence-corrected chi connectivity index (χ0v) is 20.4. The molecule has 4 rings (SSSR count). The Balaban J connectivity index is 1.57. The van der Waals surface area contributed by atoms with E-state index in [9.17, 15) is 20.1 Å². The maximum atomic E-state index is 12.5. The highest BCUT2D eigenvalue weighted by atomic mass is 16.3. The molecule has 3 N–H and O–H groups in total. The van der Waals surface area contributed by atoms with Crippen molar-refractivity contribution in [3.63, 3.8) is 0 Å². The molecular weight excluding hydrogens is 388 g/mol. The number of fused-ring (bicyclic) bond motifs is 5. The van der Waals surface area contributed by atoms with Crippen molar-refractivity contribution < 1.29 is 20.1 Å². The Bertz CT molecular complexity index is 676. The molecule has 0 aromatic rings. The molecule has 4 aliphatic carbocycles. The molecular formula is C27H46O4. The van der Waals surface area contributed by atoms with E-state index in [2.05, 4.69) is 34.6 Å². The van der Waals surface area contributed by atoms with Gasteiger partial charge in [0.15, 0.2) is 0 Å². The third kappa shape index (κ3) is 3.83. The van der Waals surface area contributed by atoms with Gasteiger partial charge >= 0.3 is 0 Å². The molecule has 0 unspecified atom stereocenters. The Morgan fingerprint density at radius 2 is 1.65 bits per heavy atom. The minimum Gasteiger partial charge on any atom is -0.393 e. The second-order valence-corrected chi connectivity index (χ2v) is 12.8. The van der Waals surface area contributed by atoms with Crippen LogP contribution in [0.4, 0.5) is 0 Å². The maximum absolute atomic E-state index is 12.5. The van der Waals surface area contributed by atoms with Crippen LogP contribution in [0, 0.1) is 52.3 Å². The van der Waals surface area contributed by atoms with Gasteiger partial charge in [-0.25, -0.2) is 0 Å². The van der Waals surface area contributed by atoms with E-state index in [1.54, 1.807) is 0 Å². The highest BCUT2D eigenvalue weighted by Gasteiger charge is 2.65. The van der Waals surface area contributed by atoms with Crippen molar-refractivity contribution in [2.24, 2.45) is 52.3 Å². The maximum Gasteiger partial charge on any atom is 0.133 e. The SMILES string of the molecule is CC(C)CC(=O)C[C@@H](C)[C@H]1CC[C@H]2[C@@H]3[C@H](O)C[C@@H]4C[C@H](O)CC[C@]4(C)[C@H]3C[C@H](O)[C@]12C. The van der Waals surface area contributed by atoms with Crippen LogP contribution in [0.2, 0.25) is 0 Å². The monoisotopic (exact) mass is 434 g/mol. The van der Waals surface area contributed by atoms with Crippen LogP contribution in [0.3, 0.4) is 0 Å². The quantitative estimate of drug-likeness (QED) is 0.591. The molecule has 0 amide bonds. The first-order chi connectivity index (χ1) is 14.5. The van der Waals surface area contributed by atoms with E-state index in [0.29, 0.717) is 48.2 Å². The summed E-state index contributed by atoms with van der Waals surface area (Å²) in [5.41, 5.74) is -0.0978. The number of aliphatic hydroxyl groups is 3. The van der Waals surface area contributed by atoms with E-state index >= 15 is 0 Å². The van der Waals surface area contributed by atoms with E-state index in [4.69, 9.17) is 0 Å². The zero-order chi connectivity index (χ0) is 22.7. The fourth-order valence-electron chi connectivity index (χ4n) is 9.17. The van der Waals surface area contributed by atoms with Gasteiger partial charge in [-0.15, -0.1) is 0 Å². The van der Waals surface area contributed by atoms with Gasteiger partial charge in [-0.1, -0.05) is 34.6 Å². The van der Waals surface area contributed by atoms with Crippen LogP contribution in [0.25, 0.3) is 0 Å². The van der Waals surface area contributed by atoms with Gasteiger partial charge in [-0.05, 0) is 97.2 Å². The number of Topliss-reactive ketones (excluding diaryl/α,β-unsaturated/α-hetero) is 1. The molecule has 178 valence electrons. The number of ketones is 1. The van der Waals surface area contributed by atoms with E-state index in [1.807, 2.05) is 0 Å². The molecule has 0 bridgehead atoms. The Kier molecular flexibility index (Phi) is 6.42. The predicted molar refractivity (Wildman–Crippen MR) is 122 cm³/mol. The summed E-state index contributed by atoms with van der Waals surface area (Å²) >= 11 is 0. The number of carbonyl (C=O) groups is 1. The number of hydrogen-bond acceptors (Lipinski definition) is 4. The summed E-state index contributed by atoms with van der Waals surface area (Å²) in [4.78, 5) is 12.5. The molecule has 11 atom stereocenters. The van der Waals surface area contributed by atoms with Gasteiger partial charge in [0.2, 0.25) is 0 Å². The van der Waals surface area contributed by atoms with Gasteiger partial charge in [0.1, 0.15) is 5.78 Å². The summed E-state index contributed by atoms with van der Waals surface area (Å²) in [6, 6.07) is 0. The fourth-order valence-corrected chi connectivity index (χ4v) is 9.17. The van der Waals surface area contributed by atoms with E-state index in [0.717, 1.165) is 44.9 Å². The lowest BCUT2D eigenvalue weighted by Gasteiger charge is -2.63. The van der Waals surface area contributed by atoms with Crippen molar-refractivity contribution in [2.45, 2.75) is 111 Å². The third-order valence-electron chi connectivity index (χ3n) is 10.7. The minimum atomic E-state index is -0.372. The Hall–Kier alpha value is -0.450. The first kappa shape index (κ1) is 23.7. The second-order valence-electron chi connectivity index (χ2n) is 12.8. The predicted octanol–water partition coefficient (Wildman–Crippen LogP) is 4.59. The normalized spacial score (nSPS) is 50.5. The molecule has 0 heterocycles. The minimum absolute atomic E-state index is 0.113.